The SMILES string of the molecule is COc1ccc(CN(C(=O)C[C@H](C)CC(C)(C)C)C(C)C)cc1OS(C)(=O)=O. The third kappa shape index (κ3) is 8.50. The molecule has 1 rings (SSSR count). The van der Waals surface area contributed by atoms with Crippen molar-refractivity contribution in [3.8, 4) is 11.5 Å². The van der Waals surface area contributed by atoms with Gasteiger partial charge in [-0.3, -0.25) is 4.79 Å². The first-order chi connectivity index (χ1) is 12.7. The van der Waals surface area contributed by atoms with E-state index in [4.69, 9.17) is 8.92 Å². The highest BCUT2D eigenvalue weighted by atomic mass is 32.2. The maximum absolute atomic E-state index is 12.9. The Hall–Kier alpha value is -1.76. The summed E-state index contributed by atoms with van der Waals surface area (Å²) in [5, 5.41) is 0. The highest BCUT2D eigenvalue weighted by Gasteiger charge is 2.23. The summed E-state index contributed by atoms with van der Waals surface area (Å²) in [6.07, 6.45) is 2.44. The number of hydrogen-bond donors (Lipinski definition) is 0. The Kier molecular flexibility index (Phi) is 8.35. The average Bonchev–Trinajstić information content (AvgIpc) is 2.48. The van der Waals surface area contributed by atoms with E-state index in [-0.39, 0.29) is 29.0 Å². The fourth-order valence-electron chi connectivity index (χ4n) is 3.34. The standard InChI is InChI=1S/C21H35NO5S/c1-15(2)22(20(23)11-16(3)13-21(4,5)6)14-17-9-10-18(26-7)19(12-17)27-28(8,24)25/h9-10,12,15-16H,11,13-14H2,1-8H3/t16-/m0/s1. The molecule has 1 amide bonds. The lowest BCUT2D eigenvalue weighted by atomic mass is 9.84. The van der Waals surface area contributed by atoms with Gasteiger partial charge in [0.05, 0.1) is 13.4 Å². The van der Waals surface area contributed by atoms with E-state index in [0.717, 1.165) is 18.2 Å². The van der Waals surface area contributed by atoms with Crippen LogP contribution in [0.4, 0.5) is 0 Å². The van der Waals surface area contributed by atoms with Crippen molar-refractivity contribution >= 4 is 16.0 Å². The third-order valence-corrected chi connectivity index (χ3v) is 4.73. The van der Waals surface area contributed by atoms with Crippen molar-refractivity contribution in [3.05, 3.63) is 23.8 Å². The fraction of sp³-hybridized carbons (Fsp3) is 0.667. The van der Waals surface area contributed by atoms with Gasteiger partial charge in [-0.05, 0) is 49.3 Å². The maximum Gasteiger partial charge on any atom is 0.306 e. The second kappa shape index (κ2) is 9.63. The monoisotopic (exact) mass is 413 g/mol. The van der Waals surface area contributed by atoms with Crippen molar-refractivity contribution in [1.29, 1.82) is 0 Å². The van der Waals surface area contributed by atoms with Crippen molar-refractivity contribution in [2.45, 2.75) is 67.0 Å². The van der Waals surface area contributed by atoms with Crippen LogP contribution in [0.25, 0.3) is 0 Å². The lowest BCUT2D eigenvalue weighted by Crippen LogP contribution is -2.37. The van der Waals surface area contributed by atoms with E-state index in [2.05, 4.69) is 27.7 Å². The third-order valence-electron chi connectivity index (χ3n) is 4.25. The summed E-state index contributed by atoms with van der Waals surface area (Å²) >= 11 is 0. The van der Waals surface area contributed by atoms with Gasteiger partial charge in [0.15, 0.2) is 11.5 Å². The van der Waals surface area contributed by atoms with E-state index in [0.29, 0.717) is 18.7 Å². The first-order valence-corrected chi connectivity index (χ1v) is 11.4. The minimum atomic E-state index is -3.68. The number of carbonyl (C=O) groups is 1. The zero-order chi connectivity index (χ0) is 21.7. The van der Waals surface area contributed by atoms with Gasteiger partial charge in [0.1, 0.15) is 0 Å². The molecule has 1 atom stereocenters. The molecule has 160 valence electrons. The molecule has 7 heteroatoms. The molecule has 0 aliphatic carbocycles. The van der Waals surface area contributed by atoms with E-state index in [1.54, 1.807) is 12.1 Å². The Morgan fingerprint density at radius 1 is 1.14 bits per heavy atom. The van der Waals surface area contributed by atoms with Crippen LogP contribution in [0.1, 0.15) is 59.9 Å². The van der Waals surface area contributed by atoms with E-state index < -0.39 is 10.1 Å². The minimum absolute atomic E-state index is 0.0238. The molecule has 6 nitrogen and oxygen atoms in total. The largest absolute Gasteiger partial charge is 0.493 e. The van der Waals surface area contributed by atoms with Gasteiger partial charge in [-0.2, -0.15) is 8.42 Å². The first kappa shape index (κ1) is 24.3. The van der Waals surface area contributed by atoms with Gasteiger partial charge in [0.2, 0.25) is 5.91 Å². The number of carbonyl (C=O) groups excluding carboxylic acids is 1. The Morgan fingerprint density at radius 3 is 2.21 bits per heavy atom. The van der Waals surface area contributed by atoms with E-state index in [1.165, 1.54) is 7.11 Å². The predicted molar refractivity (Wildman–Crippen MR) is 112 cm³/mol. The van der Waals surface area contributed by atoms with E-state index >= 15 is 0 Å². The number of nitrogens with zero attached hydrogens (tertiary/aromatic N) is 1. The fourth-order valence-corrected chi connectivity index (χ4v) is 3.79. The molecule has 0 radical (unpaired) electrons. The Morgan fingerprint density at radius 2 is 1.75 bits per heavy atom. The molecule has 0 fully saturated rings. The first-order valence-electron chi connectivity index (χ1n) is 9.57. The lowest BCUT2D eigenvalue weighted by Gasteiger charge is -2.30. The van der Waals surface area contributed by atoms with Crippen LogP contribution in [0.2, 0.25) is 0 Å². The number of benzene rings is 1. The number of ether oxygens (including phenoxy) is 1. The van der Waals surface area contributed by atoms with Crippen LogP contribution in [-0.2, 0) is 21.5 Å². The summed E-state index contributed by atoms with van der Waals surface area (Å²) in [5.74, 6) is 0.831. The van der Waals surface area contributed by atoms with Crippen LogP contribution in [-0.4, -0.2) is 38.6 Å². The van der Waals surface area contributed by atoms with E-state index in [1.807, 2.05) is 24.8 Å². The Bertz CT molecular complexity index is 765. The quantitative estimate of drug-likeness (QED) is 0.566. The van der Waals surface area contributed by atoms with Crippen molar-refractivity contribution < 1.29 is 22.1 Å². The Labute approximate surface area is 170 Å². The molecule has 0 spiro atoms. The normalized spacial score (nSPS) is 13.3. The molecule has 0 heterocycles. The van der Waals surface area contributed by atoms with Crippen LogP contribution in [0.3, 0.4) is 0 Å². The molecule has 28 heavy (non-hydrogen) atoms. The Balaban J connectivity index is 3.00. The molecular weight excluding hydrogens is 378 g/mol. The summed E-state index contributed by atoms with van der Waals surface area (Å²) in [6.45, 7) is 13.0. The zero-order valence-corrected chi connectivity index (χ0v) is 19.2. The topological polar surface area (TPSA) is 72.9 Å². The highest BCUT2D eigenvalue weighted by Crippen LogP contribution is 2.30. The number of rotatable bonds is 9. The summed E-state index contributed by atoms with van der Waals surface area (Å²) in [5.41, 5.74) is 0.959. The number of amides is 1. The molecule has 0 bridgehead atoms. The second-order valence-corrected chi connectivity index (χ2v) is 10.5. The zero-order valence-electron chi connectivity index (χ0n) is 18.4. The lowest BCUT2D eigenvalue weighted by molar-refractivity contribution is -0.134. The van der Waals surface area contributed by atoms with Gasteiger partial charge < -0.3 is 13.8 Å². The number of hydrogen-bond acceptors (Lipinski definition) is 5. The van der Waals surface area contributed by atoms with Crippen LogP contribution >= 0.6 is 0 Å². The van der Waals surface area contributed by atoms with Crippen LogP contribution < -0.4 is 8.92 Å². The van der Waals surface area contributed by atoms with Crippen LogP contribution in [0.5, 0.6) is 11.5 Å². The molecule has 0 N–H and O–H groups in total. The minimum Gasteiger partial charge on any atom is -0.493 e. The van der Waals surface area contributed by atoms with Gasteiger partial charge in [-0.1, -0.05) is 33.8 Å². The summed E-state index contributed by atoms with van der Waals surface area (Å²) in [7, 11) is -2.23. The highest BCUT2D eigenvalue weighted by molar-refractivity contribution is 7.86. The molecule has 0 aromatic heterocycles. The molecule has 1 aromatic carbocycles. The molecular formula is C21H35NO5S. The van der Waals surface area contributed by atoms with Crippen LogP contribution in [0, 0.1) is 11.3 Å². The van der Waals surface area contributed by atoms with Gasteiger partial charge in [0, 0.05) is 19.0 Å². The number of methoxy groups -OCH3 is 1. The summed E-state index contributed by atoms with van der Waals surface area (Å²) < 4.78 is 33.2. The smallest absolute Gasteiger partial charge is 0.306 e. The molecule has 0 aliphatic heterocycles. The average molecular weight is 414 g/mol. The van der Waals surface area contributed by atoms with Crippen molar-refractivity contribution in [3.63, 3.8) is 0 Å². The van der Waals surface area contributed by atoms with Gasteiger partial charge in [-0.15, -0.1) is 0 Å². The van der Waals surface area contributed by atoms with Gasteiger partial charge in [-0.25, -0.2) is 0 Å². The molecule has 0 unspecified atom stereocenters. The van der Waals surface area contributed by atoms with Crippen molar-refractivity contribution in [1.82, 2.24) is 4.90 Å². The summed E-state index contributed by atoms with van der Waals surface area (Å²) in [4.78, 5) is 14.7. The second-order valence-electron chi connectivity index (χ2n) is 8.96. The summed E-state index contributed by atoms with van der Waals surface area (Å²) in [6, 6.07) is 5.10. The molecule has 0 saturated heterocycles. The molecule has 0 saturated carbocycles. The van der Waals surface area contributed by atoms with Gasteiger partial charge in [0.25, 0.3) is 0 Å². The van der Waals surface area contributed by atoms with Crippen molar-refractivity contribution in [2.75, 3.05) is 13.4 Å². The predicted octanol–water partition coefficient (Wildman–Crippen LogP) is 4.23. The van der Waals surface area contributed by atoms with Crippen LogP contribution in [0.15, 0.2) is 18.2 Å². The van der Waals surface area contributed by atoms with Crippen molar-refractivity contribution in [2.24, 2.45) is 11.3 Å². The van der Waals surface area contributed by atoms with E-state index in [9.17, 15) is 13.2 Å². The molecule has 1 aromatic rings. The van der Waals surface area contributed by atoms with Gasteiger partial charge >= 0.3 is 10.1 Å². The maximum atomic E-state index is 12.9. The molecule has 0 aliphatic rings.